The summed E-state index contributed by atoms with van der Waals surface area (Å²) in [6.45, 7) is 4.93. The Kier molecular flexibility index (Phi) is 3.97. The quantitative estimate of drug-likeness (QED) is 0.829. The first-order valence-electron chi connectivity index (χ1n) is 6.22. The van der Waals surface area contributed by atoms with Crippen molar-refractivity contribution in [1.29, 1.82) is 0 Å². The number of piperidine rings is 1. The van der Waals surface area contributed by atoms with Crippen molar-refractivity contribution in [3.63, 3.8) is 0 Å². The van der Waals surface area contributed by atoms with Gasteiger partial charge in [0.1, 0.15) is 5.82 Å². The zero-order chi connectivity index (χ0) is 12.3. The topological polar surface area (TPSA) is 48.4 Å². The molecule has 1 fully saturated rings. The van der Waals surface area contributed by atoms with Gasteiger partial charge >= 0.3 is 0 Å². The molecule has 0 aliphatic carbocycles. The average Bonchev–Trinajstić information content (AvgIpc) is 2.34. The zero-order valence-corrected chi connectivity index (χ0v) is 10.6. The fourth-order valence-corrected chi connectivity index (χ4v) is 2.40. The molecule has 2 atom stereocenters. The maximum atomic E-state index is 9.71. The van der Waals surface area contributed by atoms with Gasteiger partial charge in [-0.25, -0.2) is 4.98 Å². The number of likely N-dealkylation sites (tertiary alicyclic amines) is 1. The van der Waals surface area contributed by atoms with Gasteiger partial charge in [-0.2, -0.15) is 0 Å². The number of rotatable bonds is 3. The van der Waals surface area contributed by atoms with Crippen molar-refractivity contribution in [3.05, 3.63) is 23.9 Å². The second-order valence-electron chi connectivity index (χ2n) is 4.83. The van der Waals surface area contributed by atoms with Crippen LogP contribution in [-0.4, -0.2) is 41.2 Å². The molecule has 1 saturated heterocycles. The molecule has 94 valence electrons. The Hall–Kier alpha value is -1.13. The average molecular weight is 235 g/mol. The fraction of sp³-hybridized carbons (Fsp3) is 0.615. The van der Waals surface area contributed by atoms with Crippen molar-refractivity contribution in [3.8, 4) is 0 Å². The molecular weight excluding hydrogens is 214 g/mol. The number of pyridine rings is 1. The molecule has 0 aromatic carbocycles. The van der Waals surface area contributed by atoms with Crippen LogP contribution >= 0.6 is 0 Å². The number of hydrogen-bond donors (Lipinski definition) is 2. The van der Waals surface area contributed by atoms with Crippen LogP contribution in [0.1, 0.15) is 18.9 Å². The number of nitrogens with one attached hydrogen (secondary N) is 1. The van der Waals surface area contributed by atoms with Crippen LogP contribution in [0.4, 0.5) is 5.82 Å². The van der Waals surface area contributed by atoms with Gasteiger partial charge in [0.2, 0.25) is 0 Å². The summed E-state index contributed by atoms with van der Waals surface area (Å²) >= 11 is 0. The number of aromatic nitrogens is 1. The summed E-state index contributed by atoms with van der Waals surface area (Å²) in [7, 11) is 1.90. The summed E-state index contributed by atoms with van der Waals surface area (Å²) in [5, 5.41) is 12.8. The van der Waals surface area contributed by atoms with Crippen LogP contribution in [0.3, 0.4) is 0 Å². The van der Waals surface area contributed by atoms with Gasteiger partial charge in [-0.05, 0) is 18.4 Å². The minimum absolute atomic E-state index is 0.135. The predicted molar refractivity (Wildman–Crippen MR) is 68.8 cm³/mol. The minimum Gasteiger partial charge on any atom is -0.393 e. The molecule has 2 N–H and O–H groups in total. The van der Waals surface area contributed by atoms with Crippen LogP contribution in [0, 0.1) is 5.92 Å². The van der Waals surface area contributed by atoms with Crippen LogP contribution in [0.2, 0.25) is 0 Å². The Balaban J connectivity index is 2.01. The predicted octanol–water partition coefficient (Wildman–Crippen LogP) is 1.33. The van der Waals surface area contributed by atoms with Crippen molar-refractivity contribution < 1.29 is 5.11 Å². The largest absolute Gasteiger partial charge is 0.393 e. The Morgan fingerprint density at radius 3 is 3.12 bits per heavy atom. The van der Waals surface area contributed by atoms with Crippen molar-refractivity contribution in [2.24, 2.45) is 5.92 Å². The third kappa shape index (κ3) is 2.96. The maximum Gasteiger partial charge on any atom is 0.130 e. The molecule has 0 amide bonds. The van der Waals surface area contributed by atoms with E-state index in [2.05, 4.69) is 28.2 Å². The first-order valence-corrected chi connectivity index (χ1v) is 6.22. The molecule has 1 aliphatic rings. The molecule has 0 radical (unpaired) electrons. The van der Waals surface area contributed by atoms with Crippen molar-refractivity contribution in [2.45, 2.75) is 26.0 Å². The second kappa shape index (κ2) is 5.47. The summed E-state index contributed by atoms with van der Waals surface area (Å²) in [4.78, 5) is 6.69. The number of anilines is 1. The minimum atomic E-state index is -0.135. The lowest BCUT2D eigenvalue weighted by Crippen LogP contribution is -2.41. The summed E-state index contributed by atoms with van der Waals surface area (Å²) < 4.78 is 0. The van der Waals surface area contributed by atoms with E-state index >= 15 is 0 Å². The molecule has 4 heteroatoms. The van der Waals surface area contributed by atoms with Gasteiger partial charge in [0.15, 0.2) is 0 Å². The lowest BCUT2D eigenvalue weighted by molar-refractivity contribution is 0.0320. The molecule has 1 aromatic heterocycles. The third-order valence-corrected chi connectivity index (χ3v) is 3.47. The van der Waals surface area contributed by atoms with E-state index in [1.165, 1.54) is 5.56 Å². The van der Waals surface area contributed by atoms with E-state index in [9.17, 15) is 5.11 Å². The molecule has 17 heavy (non-hydrogen) atoms. The first kappa shape index (κ1) is 12.3. The summed E-state index contributed by atoms with van der Waals surface area (Å²) in [6, 6.07) is 4.08. The highest BCUT2D eigenvalue weighted by Gasteiger charge is 2.24. The maximum absolute atomic E-state index is 9.71. The molecule has 1 aromatic rings. The lowest BCUT2D eigenvalue weighted by Gasteiger charge is -2.34. The number of aliphatic hydroxyl groups excluding tert-OH is 1. The Morgan fingerprint density at radius 2 is 2.41 bits per heavy atom. The molecule has 0 bridgehead atoms. The lowest BCUT2D eigenvalue weighted by atomic mass is 9.96. The van der Waals surface area contributed by atoms with Crippen molar-refractivity contribution >= 4 is 5.82 Å². The Morgan fingerprint density at radius 1 is 1.59 bits per heavy atom. The zero-order valence-electron chi connectivity index (χ0n) is 10.6. The van der Waals surface area contributed by atoms with Gasteiger partial charge in [0.05, 0.1) is 6.10 Å². The molecular formula is C13H21N3O. The first-order chi connectivity index (χ1) is 8.20. The van der Waals surface area contributed by atoms with Crippen LogP contribution in [-0.2, 0) is 6.54 Å². The molecule has 4 nitrogen and oxygen atoms in total. The number of hydrogen-bond acceptors (Lipinski definition) is 4. The molecule has 0 spiro atoms. The van der Waals surface area contributed by atoms with E-state index in [1.807, 2.05) is 13.1 Å². The molecule has 2 unspecified atom stereocenters. The normalized spacial score (nSPS) is 25.8. The monoisotopic (exact) mass is 235 g/mol. The molecule has 2 rings (SSSR count). The molecule has 0 saturated carbocycles. The number of aliphatic hydroxyl groups is 1. The smallest absolute Gasteiger partial charge is 0.130 e. The highest BCUT2D eigenvalue weighted by atomic mass is 16.3. The van der Waals surface area contributed by atoms with E-state index in [0.29, 0.717) is 5.92 Å². The summed E-state index contributed by atoms with van der Waals surface area (Å²) in [5.41, 5.74) is 1.22. The van der Waals surface area contributed by atoms with E-state index in [0.717, 1.165) is 31.9 Å². The Bertz CT molecular complexity index is 369. The summed E-state index contributed by atoms with van der Waals surface area (Å²) in [5.74, 6) is 1.31. The fourth-order valence-electron chi connectivity index (χ4n) is 2.40. The third-order valence-electron chi connectivity index (χ3n) is 3.47. The van der Waals surface area contributed by atoms with E-state index in [4.69, 9.17) is 0 Å². The van der Waals surface area contributed by atoms with Gasteiger partial charge in [0.25, 0.3) is 0 Å². The van der Waals surface area contributed by atoms with E-state index in [1.54, 1.807) is 6.20 Å². The van der Waals surface area contributed by atoms with Gasteiger partial charge in [-0.15, -0.1) is 0 Å². The van der Waals surface area contributed by atoms with E-state index in [-0.39, 0.29) is 6.10 Å². The highest BCUT2D eigenvalue weighted by molar-refractivity contribution is 5.42. The highest BCUT2D eigenvalue weighted by Crippen LogP contribution is 2.20. The van der Waals surface area contributed by atoms with Crippen LogP contribution in [0.25, 0.3) is 0 Å². The van der Waals surface area contributed by atoms with E-state index < -0.39 is 0 Å². The molecule has 2 heterocycles. The van der Waals surface area contributed by atoms with Crippen LogP contribution in [0.15, 0.2) is 18.3 Å². The second-order valence-corrected chi connectivity index (χ2v) is 4.83. The van der Waals surface area contributed by atoms with Crippen LogP contribution in [0.5, 0.6) is 0 Å². The standard InChI is InChI=1S/C13H21N3O/c1-10-8-16(7-5-12(10)17)9-11-4-3-6-15-13(11)14-2/h3-4,6,10,12,17H,5,7-9H2,1-2H3,(H,14,15). The SMILES string of the molecule is CNc1ncccc1CN1CCC(O)C(C)C1. The van der Waals surface area contributed by atoms with Crippen LogP contribution < -0.4 is 5.32 Å². The Labute approximate surface area is 103 Å². The van der Waals surface area contributed by atoms with Gasteiger partial charge in [-0.3, -0.25) is 4.90 Å². The number of nitrogens with zero attached hydrogens (tertiary/aromatic N) is 2. The molecule has 1 aliphatic heterocycles. The van der Waals surface area contributed by atoms with Crippen molar-refractivity contribution in [1.82, 2.24) is 9.88 Å². The van der Waals surface area contributed by atoms with Crippen molar-refractivity contribution in [2.75, 3.05) is 25.5 Å². The van der Waals surface area contributed by atoms with Gasteiger partial charge in [0, 0.05) is 38.4 Å². The summed E-state index contributed by atoms with van der Waals surface area (Å²) in [6.07, 6.45) is 2.54. The van der Waals surface area contributed by atoms with Gasteiger partial charge < -0.3 is 10.4 Å². The van der Waals surface area contributed by atoms with Gasteiger partial charge in [-0.1, -0.05) is 13.0 Å².